The fourth-order valence-electron chi connectivity index (χ4n) is 2.15. The Hall–Kier alpha value is -0.440. The minimum Gasteiger partial charge on any atom is -0.238 e. The van der Waals surface area contributed by atoms with Crippen molar-refractivity contribution >= 4 is 15.9 Å². The van der Waals surface area contributed by atoms with Gasteiger partial charge < -0.3 is 0 Å². The maximum absolute atomic E-state index is 4.73. The summed E-state index contributed by atoms with van der Waals surface area (Å²) >= 11 is 3.70. The predicted octanol–water partition coefficient (Wildman–Crippen LogP) is 4.43. The predicted molar refractivity (Wildman–Crippen MR) is 76.8 cm³/mol. The summed E-state index contributed by atoms with van der Waals surface area (Å²) < 4.78 is 0. The van der Waals surface area contributed by atoms with Crippen molar-refractivity contribution in [2.24, 2.45) is 5.92 Å². The fourth-order valence-corrected chi connectivity index (χ4v) is 3.03. The molecule has 2 atom stereocenters. The highest BCUT2D eigenvalue weighted by atomic mass is 79.9. The van der Waals surface area contributed by atoms with Gasteiger partial charge in [-0.05, 0) is 18.9 Å². The van der Waals surface area contributed by atoms with Crippen LogP contribution in [0.3, 0.4) is 0 Å². The van der Waals surface area contributed by atoms with Gasteiger partial charge in [-0.15, -0.1) is 0 Å². The molecule has 0 aromatic carbocycles. The molecule has 2 unspecified atom stereocenters. The van der Waals surface area contributed by atoms with Crippen molar-refractivity contribution in [3.63, 3.8) is 0 Å². The molecule has 0 spiro atoms. The second-order valence-electron chi connectivity index (χ2n) is 5.39. The number of halogens is 1. The number of rotatable bonds is 4. The van der Waals surface area contributed by atoms with Gasteiger partial charge in [0, 0.05) is 28.1 Å². The molecule has 0 N–H and O–H groups in total. The third-order valence-corrected chi connectivity index (χ3v) is 3.53. The van der Waals surface area contributed by atoms with Crippen LogP contribution in [0.2, 0.25) is 0 Å². The van der Waals surface area contributed by atoms with E-state index in [0.29, 0.717) is 22.6 Å². The van der Waals surface area contributed by atoms with Crippen LogP contribution in [0, 0.1) is 12.8 Å². The number of alkyl halides is 1. The van der Waals surface area contributed by atoms with Gasteiger partial charge in [0.15, 0.2) is 0 Å². The van der Waals surface area contributed by atoms with Gasteiger partial charge in [0.1, 0.15) is 5.82 Å². The van der Waals surface area contributed by atoms with Gasteiger partial charge >= 0.3 is 0 Å². The van der Waals surface area contributed by atoms with E-state index in [9.17, 15) is 0 Å². The number of nitrogens with zero attached hydrogens (tertiary/aromatic N) is 2. The first-order valence-electron chi connectivity index (χ1n) is 6.32. The number of hydrogen-bond donors (Lipinski definition) is 0. The lowest BCUT2D eigenvalue weighted by atomic mass is 9.89. The number of aromatic nitrogens is 2. The van der Waals surface area contributed by atoms with Crippen molar-refractivity contribution < 1.29 is 0 Å². The van der Waals surface area contributed by atoms with Gasteiger partial charge in [0.2, 0.25) is 0 Å². The van der Waals surface area contributed by atoms with Crippen molar-refractivity contribution in [1.82, 2.24) is 9.97 Å². The highest BCUT2D eigenvalue weighted by molar-refractivity contribution is 9.09. The van der Waals surface area contributed by atoms with Crippen LogP contribution in [0.5, 0.6) is 0 Å². The molecule has 0 bridgehead atoms. The highest BCUT2D eigenvalue weighted by Gasteiger charge is 2.23. The lowest BCUT2D eigenvalue weighted by Gasteiger charge is -2.24. The van der Waals surface area contributed by atoms with Gasteiger partial charge in [-0.25, -0.2) is 9.97 Å². The SMILES string of the molecule is Cc1cc(C(C(C)C)C(C)Br)nc(C(C)C)n1. The van der Waals surface area contributed by atoms with Crippen molar-refractivity contribution in [3.8, 4) is 0 Å². The standard InChI is InChI=1S/C14H23BrN2/c1-8(2)13(11(6)15)12-7-10(5)16-14(17-12)9(3)4/h7-9,11,13H,1-6H3. The molecule has 0 aliphatic carbocycles. The molecule has 0 radical (unpaired) electrons. The van der Waals surface area contributed by atoms with E-state index in [1.54, 1.807) is 0 Å². The average Bonchev–Trinajstić information content (AvgIpc) is 2.15. The van der Waals surface area contributed by atoms with Crippen LogP contribution in [0.4, 0.5) is 0 Å². The normalized spacial score (nSPS) is 15.4. The Balaban J connectivity index is 3.19. The number of hydrogen-bond acceptors (Lipinski definition) is 2. The molecule has 2 nitrogen and oxygen atoms in total. The van der Waals surface area contributed by atoms with Crippen LogP contribution in [-0.2, 0) is 0 Å². The fraction of sp³-hybridized carbons (Fsp3) is 0.714. The summed E-state index contributed by atoms with van der Waals surface area (Å²) in [6.07, 6.45) is 0. The Morgan fingerprint density at radius 1 is 1.06 bits per heavy atom. The van der Waals surface area contributed by atoms with Gasteiger partial charge in [-0.2, -0.15) is 0 Å². The van der Waals surface area contributed by atoms with E-state index in [2.05, 4.69) is 61.6 Å². The van der Waals surface area contributed by atoms with Crippen LogP contribution < -0.4 is 0 Å². The highest BCUT2D eigenvalue weighted by Crippen LogP contribution is 2.31. The zero-order valence-electron chi connectivity index (χ0n) is 11.7. The monoisotopic (exact) mass is 298 g/mol. The van der Waals surface area contributed by atoms with Crippen LogP contribution >= 0.6 is 15.9 Å². The van der Waals surface area contributed by atoms with Gasteiger partial charge in [-0.1, -0.05) is 50.5 Å². The summed E-state index contributed by atoms with van der Waals surface area (Å²) in [4.78, 5) is 9.67. The molecule has 0 saturated carbocycles. The molecule has 0 aliphatic heterocycles. The molecular weight excluding hydrogens is 276 g/mol. The second-order valence-corrected chi connectivity index (χ2v) is 6.84. The van der Waals surface area contributed by atoms with E-state index in [1.807, 2.05) is 6.92 Å². The van der Waals surface area contributed by atoms with Crippen molar-refractivity contribution in [2.45, 2.75) is 58.2 Å². The Bertz CT molecular complexity index is 364. The van der Waals surface area contributed by atoms with Crippen LogP contribution in [-0.4, -0.2) is 14.8 Å². The van der Waals surface area contributed by atoms with E-state index in [1.165, 1.54) is 5.69 Å². The molecule has 0 fully saturated rings. The van der Waals surface area contributed by atoms with E-state index >= 15 is 0 Å². The molecule has 0 saturated heterocycles. The average molecular weight is 299 g/mol. The maximum Gasteiger partial charge on any atom is 0.131 e. The lowest BCUT2D eigenvalue weighted by molar-refractivity contribution is 0.483. The van der Waals surface area contributed by atoms with Gasteiger partial charge in [0.25, 0.3) is 0 Å². The molecule has 0 aliphatic rings. The summed E-state index contributed by atoms with van der Waals surface area (Å²) in [5, 5.41) is 0. The topological polar surface area (TPSA) is 25.8 Å². The molecule has 1 aromatic heterocycles. The molecule has 3 heteroatoms. The summed E-state index contributed by atoms with van der Waals surface area (Å²) in [7, 11) is 0. The Morgan fingerprint density at radius 3 is 2.06 bits per heavy atom. The largest absolute Gasteiger partial charge is 0.238 e. The van der Waals surface area contributed by atoms with E-state index in [0.717, 1.165) is 11.5 Å². The van der Waals surface area contributed by atoms with Crippen LogP contribution in [0.15, 0.2) is 6.07 Å². The molecule has 1 heterocycles. The summed E-state index contributed by atoms with van der Waals surface area (Å²) in [6, 6.07) is 2.12. The van der Waals surface area contributed by atoms with Crippen LogP contribution in [0.25, 0.3) is 0 Å². The Labute approximate surface area is 113 Å². The minimum atomic E-state index is 0.382. The van der Waals surface area contributed by atoms with Crippen LogP contribution in [0.1, 0.15) is 63.7 Å². The first kappa shape index (κ1) is 14.6. The molecule has 17 heavy (non-hydrogen) atoms. The lowest BCUT2D eigenvalue weighted by Crippen LogP contribution is -2.18. The smallest absolute Gasteiger partial charge is 0.131 e. The number of aryl methyl sites for hydroxylation is 1. The Kier molecular flexibility index (Phi) is 5.11. The summed E-state index contributed by atoms with van der Waals surface area (Å²) in [5.41, 5.74) is 2.23. The Morgan fingerprint density at radius 2 is 1.65 bits per heavy atom. The molecular formula is C14H23BrN2. The zero-order chi connectivity index (χ0) is 13.2. The zero-order valence-corrected chi connectivity index (χ0v) is 13.2. The maximum atomic E-state index is 4.73. The molecule has 0 amide bonds. The molecule has 1 aromatic rings. The van der Waals surface area contributed by atoms with E-state index in [4.69, 9.17) is 4.98 Å². The van der Waals surface area contributed by atoms with E-state index < -0.39 is 0 Å². The third kappa shape index (κ3) is 3.77. The third-order valence-electron chi connectivity index (χ3n) is 2.96. The second kappa shape index (κ2) is 5.94. The summed E-state index contributed by atoms with van der Waals surface area (Å²) in [5.74, 6) is 2.35. The minimum absolute atomic E-state index is 0.382. The summed E-state index contributed by atoms with van der Waals surface area (Å²) in [6.45, 7) is 13.0. The van der Waals surface area contributed by atoms with Gasteiger partial charge in [0.05, 0.1) is 0 Å². The first-order valence-corrected chi connectivity index (χ1v) is 7.24. The quantitative estimate of drug-likeness (QED) is 0.769. The van der Waals surface area contributed by atoms with Crippen molar-refractivity contribution in [2.75, 3.05) is 0 Å². The first-order chi connectivity index (χ1) is 7.82. The molecule has 96 valence electrons. The van der Waals surface area contributed by atoms with Crippen molar-refractivity contribution in [1.29, 1.82) is 0 Å². The van der Waals surface area contributed by atoms with Crippen molar-refractivity contribution in [3.05, 3.63) is 23.3 Å². The van der Waals surface area contributed by atoms with E-state index in [-0.39, 0.29) is 0 Å². The molecule has 1 rings (SSSR count). The van der Waals surface area contributed by atoms with Gasteiger partial charge in [-0.3, -0.25) is 0 Å².